The molecule has 0 saturated heterocycles. The smallest absolute Gasteiger partial charge is 0.220 e. The van der Waals surface area contributed by atoms with Crippen LogP contribution < -0.4 is 16.0 Å². The first-order chi connectivity index (χ1) is 13.2. The van der Waals surface area contributed by atoms with Crippen molar-refractivity contribution in [3.63, 3.8) is 0 Å². The topological polar surface area (TPSA) is 74.8 Å². The molecule has 0 aliphatic heterocycles. The zero-order valence-corrected chi connectivity index (χ0v) is 17.4. The molecule has 0 bridgehead atoms. The summed E-state index contributed by atoms with van der Waals surface area (Å²) in [6.45, 7) is 5.92. The molecule has 1 amide bonds. The van der Waals surface area contributed by atoms with Gasteiger partial charge in [-0.25, -0.2) is 0 Å². The van der Waals surface area contributed by atoms with Crippen LogP contribution >= 0.6 is 0 Å². The van der Waals surface area contributed by atoms with Crippen LogP contribution in [0, 0.1) is 11.3 Å². The van der Waals surface area contributed by atoms with E-state index >= 15 is 0 Å². The van der Waals surface area contributed by atoms with Gasteiger partial charge in [0.1, 0.15) is 0 Å². The molecular formula is C21H40N4O2. The molecule has 3 N–H and O–H groups in total. The van der Waals surface area contributed by atoms with Crippen LogP contribution in [0.15, 0.2) is 4.99 Å². The summed E-state index contributed by atoms with van der Waals surface area (Å²) in [6.07, 6.45) is 11.9. The van der Waals surface area contributed by atoms with E-state index in [2.05, 4.69) is 22.9 Å². The van der Waals surface area contributed by atoms with Gasteiger partial charge in [0, 0.05) is 46.3 Å². The number of aliphatic imine (C=N–C) groups is 1. The lowest BCUT2D eigenvalue weighted by molar-refractivity contribution is -0.121. The normalized spacial score (nSPS) is 20.0. The largest absolute Gasteiger partial charge is 0.385 e. The molecule has 0 heterocycles. The Morgan fingerprint density at radius 3 is 2.44 bits per heavy atom. The number of amides is 1. The van der Waals surface area contributed by atoms with Crippen LogP contribution in [0.2, 0.25) is 0 Å². The second-order valence-electron chi connectivity index (χ2n) is 8.28. The number of guanidine groups is 1. The molecule has 0 aromatic heterocycles. The molecule has 27 heavy (non-hydrogen) atoms. The van der Waals surface area contributed by atoms with Crippen LogP contribution in [-0.4, -0.2) is 51.8 Å². The van der Waals surface area contributed by atoms with Gasteiger partial charge in [0.05, 0.1) is 0 Å². The second kappa shape index (κ2) is 12.2. The Bertz CT molecular complexity index is 455. The minimum absolute atomic E-state index is 0.190. The number of carbonyl (C=O) groups excluding carboxylic acids is 1. The van der Waals surface area contributed by atoms with Gasteiger partial charge >= 0.3 is 0 Å². The zero-order valence-electron chi connectivity index (χ0n) is 17.4. The second-order valence-corrected chi connectivity index (χ2v) is 8.28. The first kappa shape index (κ1) is 22.0. The molecule has 0 aromatic rings. The number of rotatable bonds is 11. The van der Waals surface area contributed by atoms with E-state index in [0.29, 0.717) is 30.8 Å². The molecule has 2 aliphatic rings. The number of methoxy groups -OCH3 is 1. The molecule has 2 rings (SSSR count). The molecule has 0 spiro atoms. The van der Waals surface area contributed by atoms with Crippen molar-refractivity contribution < 1.29 is 9.53 Å². The van der Waals surface area contributed by atoms with E-state index in [9.17, 15) is 4.79 Å². The van der Waals surface area contributed by atoms with Crippen molar-refractivity contribution in [1.29, 1.82) is 0 Å². The Kier molecular flexibility index (Phi) is 9.95. The molecule has 6 nitrogen and oxygen atoms in total. The van der Waals surface area contributed by atoms with Gasteiger partial charge < -0.3 is 20.7 Å². The summed E-state index contributed by atoms with van der Waals surface area (Å²) < 4.78 is 5.31. The molecular weight excluding hydrogens is 340 g/mol. The van der Waals surface area contributed by atoms with Gasteiger partial charge in [-0.1, -0.05) is 25.7 Å². The highest BCUT2D eigenvalue weighted by molar-refractivity contribution is 5.80. The fourth-order valence-electron chi connectivity index (χ4n) is 4.45. The lowest BCUT2D eigenvalue weighted by Crippen LogP contribution is -2.42. The average Bonchev–Trinajstić information content (AvgIpc) is 3.34. The molecule has 2 saturated carbocycles. The third-order valence-corrected chi connectivity index (χ3v) is 6.11. The molecule has 0 radical (unpaired) electrons. The summed E-state index contributed by atoms with van der Waals surface area (Å²) in [5.41, 5.74) is 0.299. The lowest BCUT2D eigenvalue weighted by Gasteiger charge is -2.27. The predicted molar refractivity (Wildman–Crippen MR) is 111 cm³/mol. The van der Waals surface area contributed by atoms with Crippen LogP contribution in [0.1, 0.15) is 71.1 Å². The van der Waals surface area contributed by atoms with Crippen molar-refractivity contribution in [3.8, 4) is 0 Å². The number of carbonyl (C=O) groups is 1. The SMILES string of the molecule is CCNC(=NCC1(CCOC)CCCC1)NCCNC(=O)CC1CCCC1. The lowest BCUT2D eigenvalue weighted by atomic mass is 9.83. The van der Waals surface area contributed by atoms with Crippen LogP contribution in [0.25, 0.3) is 0 Å². The van der Waals surface area contributed by atoms with E-state index in [0.717, 1.165) is 32.1 Å². The summed E-state index contributed by atoms with van der Waals surface area (Å²) in [5.74, 6) is 1.65. The van der Waals surface area contributed by atoms with E-state index in [4.69, 9.17) is 9.73 Å². The van der Waals surface area contributed by atoms with E-state index in [1.165, 1.54) is 51.4 Å². The minimum Gasteiger partial charge on any atom is -0.385 e. The Morgan fingerprint density at radius 2 is 1.78 bits per heavy atom. The quantitative estimate of drug-likeness (QED) is 0.293. The standard InChI is InChI=1S/C21H40N4O2/c1-3-22-20(25-17-21(12-15-27-2)10-6-7-11-21)24-14-13-23-19(26)16-18-8-4-5-9-18/h18H,3-17H2,1-2H3,(H,23,26)(H2,22,24,25). The average molecular weight is 381 g/mol. The molecule has 0 aromatic carbocycles. The van der Waals surface area contributed by atoms with Crippen molar-refractivity contribution in [2.24, 2.45) is 16.3 Å². The third kappa shape index (κ3) is 8.08. The highest BCUT2D eigenvalue weighted by Gasteiger charge is 2.33. The Balaban J connectivity index is 1.71. The number of ether oxygens (including phenoxy) is 1. The van der Waals surface area contributed by atoms with Crippen LogP contribution in [-0.2, 0) is 9.53 Å². The fourth-order valence-corrected chi connectivity index (χ4v) is 4.45. The number of nitrogens with one attached hydrogen (secondary N) is 3. The van der Waals surface area contributed by atoms with Gasteiger partial charge in [-0.2, -0.15) is 0 Å². The summed E-state index contributed by atoms with van der Waals surface area (Å²) in [7, 11) is 1.78. The first-order valence-corrected chi connectivity index (χ1v) is 11.0. The molecule has 0 atom stereocenters. The molecule has 0 unspecified atom stereocenters. The van der Waals surface area contributed by atoms with E-state index in [1.807, 2.05) is 0 Å². The Hall–Kier alpha value is -1.30. The maximum Gasteiger partial charge on any atom is 0.220 e. The van der Waals surface area contributed by atoms with Crippen LogP contribution in [0.5, 0.6) is 0 Å². The third-order valence-electron chi connectivity index (χ3n) is 6.11. The number of hydrogen-bond donors (Lipinski definition) is 3. The monoisotopic (exact) mass is 380 g/mol. The van der Waals surface area contributed by atoms with Gasteiger partial charge in [0.2, 0.25) is 5.91 Å². The highest BCUT2D eigenvalue weighted by Crippen LogP contribution is 2.41. The molecule has 2 fully saturated rings. The van der Waals surface area contributed by atoms with Gasteiger partial charge in [-0.05, 0) is 50.4 Å². The summed E-state index contributed by atoms with van der Waals surface area (Å²) in [6, 6.07) is 0. The summed E-state index contributed by atoms with van der Waals surface area (Å²) in [5, 5.41) is 9.72. The van der Waals surface area contributed by atoms with Crippen molar-refractivity contribution in [1.82, 2.24) is 16.0 Å². The van der Waals surface area contributed by atoms with Crippen molar-refractivity contribution >= 4 is 11.9 Å². The molecule has 156 valence electrons. The van der Waals surface area contributed by atoms with Gasteiger partial charge in [-0.3, -0.25) is 9.79 Å². The van der Waals surface area contributed by atoms with E-state index < -0.39 is 0 Å². The van der Waals surface area contributed by atoms with Crippen molar-refractivity contribution in [2.45, 2.75) is 71.1 Å². The van der Waals surface area contributed by atoms with Gasteiger partial charge in [0.25, 0.3) is 0 Å². The molecule has 2 aliphatic carbocycles. The van der Waals surface area contributed by atoms with Crippen LogP contribution in [0.4, 0.5) is 0 Å². The minimum atomic E-state index is 0.190. The Labute approximate surface area is 165 Å². The van der Waals surface area contributed by atoms with Crippen LogP contribution in [0.3, 0.4) is 0 Å². The van der Waals surface area contributed by atoms with E-state index in [1.54, 1.807) is 7.11 Å². The van der Waals surface area contributed by atoms with E-state index in [-0.39, 0.29) is 5.91 Å². The number of hydrogen-bond acceptors (Lipinski definition) is 3. The number of nitrogens with zero attached hydrogens (tertiary/aromatic N) is 1. The maximum atomic E-state index is 12.0. The maximum absolute atomic E-state index is 12.0. The van der Waals surface area contributed by atoms with Crippen molar-refractivity contribution in [3.05, 3.63) is 0 Å². The summed E-state index contributed by atoms with van der Waals surface area (Å²) >= 11 is 0. The first-order valence-electron chi connectivity index (χ1n) is 11.0. The highest BCUT2D eigenvalue weighted by atomic mass is 16.5. The fraction of sp³-hybridized carbons (Fsp3) is 0.905. The Morgan fingerprint density at radius 1 is 1.07 bits per heavy atom. The predicted octanol–water partition coefficient (Wildman–Crippen LogP) is 2.83. The molecule has 6 heteroatoms. The summed E-state index contributed by atoms with van der Waals surface area (Å²) in [4.78, 5) is 16.9. The van der Waals surface area contributed by atoms with Gasteiger partial charge in [0.15, 0.2) is 5.96 Å². The van der Waals surface area contributed by atoms with Crippen molar-refractivity contribution in [2.75, 3.05) is 39.9 Å². The van der Waals surface area contributed by atoms with Gasteiger partial charge in [-0.15, -0.1) is 0 Å². The zero-order chi connectivity index (χ0) is 19.4.